The van der Waals surface area contributed by atoms with Gasteiger partial charge in [0.15, 0.2) is 0 Å². The summed E-state index contributed by atoms with van der Waals surface area (Å²) in [5.74, 6) is -2.51. The van der Waals surface area contributed by atoms with E-state index in [9.17, 15) is 14.4 Å². The maximum absolute atomic E-state index is 12.2. The summed E-state index contributed by atoms with van der Waals surface area (Å²) in [7, 11) is 0. The number of nitrogens with one attached hydrogen (secondary N) is 1. The third kappa shape index (κ3) is 4.57. The van der Waals surface area contributed by atoms with Gasteiger partial charge in [-0.3, -0.25) is 9.59 Å². The average Bonchev–Trinajstić information content (AvgIpc) is 2.43. The maximum Gasteiger partial charge on any atom is 0.326 e. The van der Waals surface area contributed by atoms with Gasteiger partial charge in [-0.2, -0.15) is 0 Å². The second-order valence-corrected chi connectivity index (χ2v) is 4.94. The van der Waals surface area contributed by atoms with E-state index in [2.05, 4.69) is 5.32 Å². The Labute approximate surface area is 122 Å². The predicted octanol–water partition coefficient (Wildman–Crippen LogP) is -0.305. The Hall–Kier alpha value is -2.41. The third-order valence-corrected chi connectivity index (χ3v) is 3.13. The Morgan fingerprint density at radius 1 is 1.29 bits per heavy atom. The van der Waals surface area contributed by atoms with Crippen molar-refractivity contribution in [2.24, 2.45) is 11.5 Å². The van der Waals surface area contributed by atoms with E-state index in [0.29, 0.717) is 5.56 Å². The molecule has 1 aromatic rings. The molecule has 0 saturated heterocycles. The van der Waals surface area contributed by atoms with Gasteiger partial charge in [0.25, 0.3) is 0 Å². The summed E-state index contributed by atoms with van der Waals surface area (Å²) < 4.78 is 0. The molecule has 0 fully saturated rings. The van der Waals surface area contributed by atoms with E-state index in [-0.39, 0.29) is 12.8 Å². The van der Waals surface area contributed by atoms with Crippen LogP contribution in [0.1, 0.15) is 25.3 Å². The number of amides is 2. The number of rotatable bonds is 7. The van der Waals surface area contributed by atoms with Gasteiger partial charge in [-0.05, 0) is 18.9 Å². The molecule has 0 aliphatic carbocycles. The molecule has 0 aliphatic rings. The first-order valence-corrected chi connectivity index (χ1v) is 6.41. The van der Waals surface area contributed by atoms with E-state index in [1.807, 2.05) is 0 Å². The standard InChI is InChI=1S/C14H19N3O4/c1-14(16,9-5-3-2-4-6-9)13(21)17-10(12(19)20)7-8-11(15)18/h2-6,10H,7-8,16H2,1H3,(H2,15,18)(H,17,21)(H,19,20)/t10-,14?/m1/s1. The van der Waals surface area contributed by atoms with Crippen molar-refractivity contribution in [1.82, 2.24) is 5.32 Å². The first-order chi connectivity index (χ1) is 9.75. The molecule has 1 aromatic carbocycles. The van der Waals surface area contributed by atoms with Gasteiger partial charge < -0.3 is 21.9 Å². The van der Waals surface area contributed by atoms with Crippen LogP contribution >= 0.6 is 0 Å². The monoisotopic (exact) mass is 293 g/mol. The van der Waals surface area contributed by atoms with E-state index in [1.54, 1.807) is 30.3 Å². The molecule has 0 aliphatic heterocycles. The number of carboxylic acids is 1. The quantitative estimate of drug-likeness (QED) is 0.547. The summed E-state index contributed by atoms with van der Waals surface area (Å²) in [6.45, 7) is 1.49. The molecule has 0 spiro atoms. The van der Waals surface area contributed by atoms with Gasteiger partial charge in [0.1, 0.15) is 11.6 Å². The van der Waals surface area contributed by atoms with Crippen LogP contribution < -0.4 is 16.8 Å². The molecule has 0 saturated carbocycles. The molecule has 21 heavy (non-hydrogen) atoms. The van der Waals surface area contributed by atoms with E-state index in [1.165, 1.54) is 6.92 Å². The van der Waals surface area contributed by atoms with Gasteiger partial charge in [-0.1, -0.05) is 30.3 Å². The Bertz CT molecular complexity index is 528. The van der Waals surface area contributed by atoms with Gasteiger partial charge in [-0.25, -0.2) is 4.79 Å². The van der Waals surface area contributed by atoms with Gasteiger partial charge in [0, 0.05) is 6.42 Å². The van der Waals surface area contributed by atoms with Crippen molar-refractivity contribution in [2.75, 3.05) is 0 Å². The molecule has 1 rings (SSSR count). The number of aliphatic carboxylic acids is 1. The van der Waals surface area contributed by atoms with E-state index < -0.39 is 29.4 Å². The Morgan fingerprint density at radius 2 is 1.86 bits per heavy atom. The van der Waals surface area contributed by atoms with Crippen LogP contribution in [-0.4, -0.2) is 28.9 Å². The molecule has 7 heteroatoms. The minimum atomic E-state index is -1.37. The molecular weight excluding hydrogens is 274 g/mol. The number of carboxylic acid groups (broad SMARTS) is 1. The number of carbonyl (C=O) groups is 3. The first-order valence-electron chi connectivity index (χ1n) is 6.41. The van der Waals surface area contributed by atoms with Crippen molar-refractivity contribution in [1.29, 1.82) is 0 Å². The highest BCUT2D eigenvalue weighted by Gasteiger charge is 2.33. The Balaban J connectivity index is 2.81. The Kier molecular flexibility index (Phi) is 5.43. The summed E-state index contributed by atoms with van der Waals surface area (Å²) in [5.41, 5.74) is 10.2. The molecule has 0 aromatic heterocycles. The SMILES string of the molecule is CC(N)(C(=O)N[C@H](CCC(N)=O)C(=O)O)c1ccccc1. The number of carbonyl (C=O) groups excluding carboxylic acids is 2. The summed E-state index contributed by atoms with van der Waals surface area (Å²) in [4.78, 5) is 34.0. The molecule has 1 unspecified atom stereocenters. The number of hydrogen-bond acceptors (Lipinski definition) is 4. The van der Waals surface area contributed by atoms with Crippen LogP contribution in [0, 0.1) is 0 Å². The van der Waals surface area contributed by atoms with Crippen molar-refractivity contribution in [3.8, 4) is 0 Å². The molecule has 2 atom stereocenters. The highest BCUT2D eigenvalue weighted by atomic mass is 16.4. The minimum absolute atomic E-state index is 0.0821. The fourth-order valence-electron chi connectivity index (χ4n) is 1.77. The summed E-state index contributed by atoms with van der Waals surface area (Å²) >= 11 is 0. The van der Waals surface area contributed by atoms with Gasteiger partial charge in [0.2, 0.25) is 11.8 Å². The van der Waals surface area contributed by atoms with Crippen LogP contribution in [0.5, 0.6) is 0 Å². The van der Waals surface area contributed by atoms with Crippen molar-refractivity contribution in [3.63, 3.8) is 0 Å². The summed E-state index contributed by atoms with van der Waals surface area (Å²) in [6, 6.07) is 7.39. The van der Waals surface area contributed by atoms with Crippen LogP contribution in [-0.2, 0) is 19.9 Å². The fourth-order valence-corrected chi connectivity index (χ4v) is 1.77. The number of hydrogen-bond donors (Lipinski definition) is 4. The second-order valence-electron chi connectivity index (χ2n) is 4.94. The van der Waals surface area contributed by atoms with Crippen LogP contribution in [0.25, 0.3) is 0 Å². The topological polar surface area (TPSA) is 136 Å². The zero-order valence-electron chi connectivity index (χ0n) is 11.7. The zero-order valence-corrected chi connectivity index (χ0v) is 11.7. The zero-order chi connectivity index (χ0) is 16.0. The lowest BCUT2D eigenvalue weighted by Crippen LogP contribution is -2.53. The van der Waals surface area contributed by atoms with Crippen molar-refractivity contribution in [3.05, 3.63) is 35.9 Å². The van der Waals surface area contributed by atoms with Gasteiger partial charge >= 0.3 is 5.97 Å². The molecule has 6 N–H and O–H groups in total. The van der Waals surface area contributed by atoms with E-state index in [4.69, 9.17) is 16.6 Å². The molecule has 114 valence electrons. The summed E-state index contributed by atoms with van der Waals surface area (Å²) in [5, 5.41) is 11.4. The number of nitrogens with two attached hydrogens (primary N) is 2. The van der Waals surface area contributed by atoms with Crippen LogP contribution in [0.3, 0.4) is 0 Å². The lowest BCUT2D eigenvalue weighted by Gasteiger charge is -2.26. The highest BCUT2D eigenvalue weighted by Crippen LogP contribution is 2.18. The lowest BCUT2D eigenvalue weighted by atomic mass is 9.92. The molecular formula is C14H19N3O4. The van der Waals surface area contributed by atoms with Crippen LogP contribution in [0.4, 0.5) is 0 Å². The minimum Gasteiger partial charge on any atom is -0.480 e. The van der Waals surface area contributed by atoms with E-state index >= 15 is 0 Å². The van der Waals surface area contributed by atoms with Gasteiger partial charge in [-0.15, -0.1) is 0 Å². The van der Waals surface area contributed by atoms with Gasteiger partial charge in [0.05, 0.1) is 0 Å². The Morgan fingerprint density at radius 3 is 2.33 bits per heavy atom. The number of benzene rings is 1. The van der Waals surface area contributed by atoms with Crippen molar-refractivity contribution < 1.29 is 19.5 Å². The third-order valence-electron chi connectivity index (χ3n) is 3.13. The van der Waals surface area contributed by atoms with Crippen molar-refractivity contribution in [2.45, 2.75) is 31.3 Å². The van der Waals surface area contributed by atoms with Crippen molar-refractivity contribution >= 4 is 17.8 Å². The second kappa shape index (κ2) is 6.85. The predicted molar refractivity (Wildman–Crippen MR) is 76.0 cm³/mol. The lowest BCUT2D eigenvalue weighted by molar-refractivity contribution is -0.143. The van der Waals surface area contributed by atoms with Crippen LogP contribution in [0.15, 0.2) is 30.3 Å². The average molecular weight is 293 g/mol. The van der Waals surface area contributed by atoms with E-state index in [0.717, 1.165) is 0 Å². The highest BCUT2D eigenvalue weighted by molar-refractivity contribution is 5.90. The molecule has 7 nitrogen and oxygen atoms in total. The smallest absolute Gasteiger partial charge is 0.326 e. The maximum atomic E-state index is 12.2. The normalized spacial score (nSPS) is 14.8. The number of primary amides is 1. The fraction of sp³-hybridized carbons (Fsp3) is 0.357. The molecule has 0 bridgehead atoms. The first kappa shape index (κ1) is 16.6. The largest absolute Gasteiger partial charge is 0.480 e. The summed E-state index contributed by atoms with van der Waals surface area (Å²) in [6.07, 6.45) is -0.217. The van der Waals surface area contributed by atoms with Crippen LogP contribution in [0.2, 0.25) is 0 Å². The molecule has 0 heterocycles. The molecule has 2 amide bonds. The molecule has 0 radical (unpaired) electrons.